The predicted molar refractivity (Wildman–Crippen MR) is 104 cm³/mol. The van der Waals surface area contributed by atoms with Gasteiger partial charge in [-0.25, -0.2) is 0 Å². The van der Waals surface area contributed by atoms with Crippen LogP contribution in [0.4, 0.5) is 0 Å². The van der Waals surface area contributed by atoms with Crippen molar-refractivity contribution in [2.75, 3.05) is 13.1 Å². The van der Waals surface area contributed by atoms with Crippen molar-refractivity contribution in [2.24, 2.45) is 22.7 Å². The van der Waals surface area contributed by atoms with Crippen LogP contribution in [0, 0.1) is 22.7 Å². The number of hydrogen-bond acceptors (Lipinski definition) is 5. The van der Waals surface area contributed by atoms with Crippen molar-refractivity contribution in [2.45, 2.75) is 70.6 Å². The Balaban J connectivity index is 1.67. The lowest BCUT2D eigenvalue weighted by atomic mass is 9.55. The van der Waals surface area contributed by atoms with Gasteiger partial charge in [-0.05, 0) is 42.7 Å². The van der Waals surface area contributed by atoms with Crippen molar-refractivity contribution < 1.29 is 19.4 Å². The molecule has 5 aliphatic rings. The highest BCUT2D eigenvalue weighted by Gasteiger charge is 2.84. The number of nitrogens with zero attached hydrogens (tertiary/aromatic N) is 1. The third kappa shape index (κ3) is 1.86. The van der Waals surface area contributed by atoms with E-state index in [0.717, 1.165) is 37.9 Å². The third-order valence-electron chi connectivity index (χ3n) is 8.63. The maximum absolute atomic E-state index is 12.9. The number of likely N-dealkylation sites (tertiary alicyclic amines) is 1. The molecule has 7 atom stereocenters. The lowest BCUT2D eigenvalue weighted by molar-refractivity contribution is -0.183. The molecular weight excluding hydrogens is 354 g/mol. The van der Waals surface area contributed by atoms with E-state index < -0.39 is 17.1 Å². The summed E-state index contributed by atoms with van der Waals surface area (Å²) >= 11 is 0. The largest absolute Gasteiger partial charge is 0.478 e. The number of fused-ring (bicyclic) bond motifs is 1. The Labute approximate surface area is 166 Å². The van der Waals surface area contributed by atoms with Crippen LogP contribution in [0.25, 0.3) is 0 Å². The van der Waals surface area contributed by atoms with Crippen molar-refractivity contribution >= 4 is 11.6 Å². The molecule has 4 fully saturated rings. The molecule has 2 heterocycles. The second-order valence-electron chi connectivity index (χ2n) is 10.2. The summed E-state index contributed by atoms with van der Waals surface area (Å²) in [6.07, 6.45) is 4.19. The molecule has 7 unspecified atom stereocenters. The highest BCUT2D eigenvalue weighted by Crippen LogP contribution is 2.77. The molecule has 0 aromatic heterocycles. The summed E-state index contributed by atoms with van der Waals surface area (Å²) in [6.45, 7) is 12.2. The van der Waals surface area contributed by atoms with Crippen LogP contribution in [0.5, 0.6) is 0 Å². The van der Waals surface area contributed by atoms with E-state index in [1.165, 1.54) is 6.08 Å². The minimum Gasteiger partial charge on any atom is -0.478 e. The standard InChI is InChI=1S/C23H31NO4/c1-5-13(3)10-24-12-21-9-14(4)17-18(15(25)6-2)28-19-16(26)7-8-23(27,20(21)24)22(17,19)11-21/h6,13-14,19-20,27H,2,5,7-12H2,1,3-4H3. The van der Waals surface area contributed by atoms with Gasteiger partial charge in [-0.3, -0.25) is 14.5 Å². The molecule has 0 aromatic rings. The zero-order chi connectivity index (χ0) is 20.1. The summed E-state index contributed by atoms with van der Waals surface area (Å²) in [5.41, 5.74) is -0.797. The Hall–Kier alpha value is -1.46. The van der Waals surface area contributed by atoms with Crippen LogP contribution in [0.1, 0.15) is 52.9 Å². The highest BCUT2D eigenvalue weighted by atomic mass is 16.5. The summed E-state index contributed by atoms with van der Waals surface area (Å²) in [7, 11) is 0. The fourth-order valence-corrected chi connectivity index (χ4v) is 7.80. The van der Waals surface area contributed by atoms with Crippen molar-refractivity contribution in [3.63, 3.8) is 0 Å². The quantitative estimate of drug-likeness (QED) is 0.737. The van der Waals surface area contributed by atoms with Crippen molar-refractivity contribution in [3.05, 3.63) is 24.0 Å². The Morgan fingerprint density at radius 1 is 1.50 bits per heavy atom. The van der Waals surface area contributed by atoms with Gasteiger partial charge < -0.3 is 9.84 Å². The molecular formula is C23H31NO4. The van der Waals surface area contributed by atoms with Crippen molar-refractivity contribution in [1.29, 1.82) is 0 Å². The molecule has 3 aliphatic carbocycles. The van der Waals surface area contributed by atoms with Crippen molar-refractivity contribution in [1.82, 2.24) is 4.90 Å². The molecule has 2 aliphatic heterocycles. The van der Waals surface area contributed by atoms with Gasteiger partial charge in [-0.1, -0.05) is 33.8 Å². The van der Waals surface area contributed by atoms with E-state index in [9.17, 15) is 14.7 Å². The topological polar surface area (TPSA) is 66.8 Å². The van der Waals surface area contributed by atoms with Crippen LogP contribution in [-0.2, 0) is 14.3 Å². The van der Waals surface area contributed by atoms with E-state index in [0.29, 0.717) is 24.5 Å². The lowest BCUT2D eigenvalue weighted by Gasteiger charge is -2.59. The van der Waals surface area contributed by atoms with Gasteiger partial charge in [0, 0.05) is 31.0 Å². The molecule has 0 amide bonds. The van der Waals surface area contributed by atoms with Crippen LogP contribution in [0.15, 0.2) is 24.0 Å². The average molecular weight is 386 g/mol. The maximum atomic E-state index is 12.9. The summed E-state index contributed by atoms with van der Waals surface area (Å²) in [6, 6.07) is 0.0614. The molecule has 152 valence electrons. The molecule has 5 rings (SSSR count). The Kier molecular flexibility index (Phi) is 3.69. The number of carbonyl (C=O) groups excluding carboxylic acids is 2. The summed E-state index contributed by atoms with van der Waals surface area (Å²) in [4.78, 5) is 28.0. The normalized spacial score (nSPS) is 47.1. The van der Waals surface area contributed by atoms with Gasteiger partial charge in [0.2, 0.25) is 5.78 Å². The molecule has 0 radical (unpaired) electrons. The molecule has 28 heavy (non-hydrogen) atoms. The zero-order valence-electron chi connectivity index (χ0n) is 17.2. The molecule has 5 heteroatoms. The van der Waals surface area contributed by atoms with E-state index in [-0.39, 0.29) is 28.9 Å². The van der Waals surface area contributed by atoms with Gasteiger partial charge in [-0.15, -0.1) is 0 Å². The van der Waals surface area contributed by atoms with Gasteiger partial charge in [0.25, 0.3) is 0 Å². The minimum atomic E-state index is -0.999. The van der Waals surface area contributed by atoms with E-state index in [2.05, 4.69) is 32.3 Å². The third-order valence-corrected chi connectivity index (χ3v) is 8.63. The first-order chi connectivity index (χ1) is 13.2. The SMILES string of the molecule is C=CC(=O)C1=C2C(C)CC34CN(CC(C)CC)C3C3(O)CCC(=O)C(O1)C23C4. The molecule has 5 nitrogen and oxygen atoms in total. The first-order valence-corrected chi connectivity index (χ1v) is 10.8. The zero-order valence-corrected chi connectivity index (χ0v) is 17.2. The molecule has 2 spiro atoms. The van der Waals surface area contributed by atoms with Crippen LogP contribution < -0.4 is 0 Å². The number of ether oxygens (including phenoxy) is 1. The number of ketones is 2. The van der Waals surface area contributed by atoms with Crippen LogP contribution in [0.3, 0.4) is 0 Å². The monoisotopic (exact) mass is 385 g/mol. The minimum absolute atomic E-state index is 0.0318. The number of Topliss-reactive ketones (excluding diaryl/α,β-unsaturated/α-hetero) is 1. The maximum Gasteiger partial charge on any atom is 0.219 e. The molecule has 1 saturated heterocycles. The first-order valence-electron chi connectivity index (χ1n) is 10.8. The van der Waals surface area contributed by atoms with Gasteiger partial charge in [0.15, 0.2) is 17.6 Å². The molecule has 2 bridgehead atoms. The predicted octanol–water partition coefficient (Wildman–Crippen LogP) is 2.64. The highest BCUT2D eigenvalue weighted by molar-refractivity contribution is 6.04. The van der Waals surface area contributed by atoms with E-state index >= 15 is 0 Å². The fourth-order valence-electron chi connectivity index (χ4n) is 7.80. The number of aliphatic hydroxyl groups is 1. The number of carbonyl (C=O) groups is 2. The number of rotatable bonds is 5. The second-order valence-corrected chi connectivity index (χ2v) is 10.2. The molecule has 0 aromatic carbocycles. The molecule has 1 N–H and O–H groups in total. The first kappa shape index (κ1) is 18.6. The van der Waals surface area contributed by atoms with Gasteiger partial charge >= 0.3 is 0 Å². The lowest BCUT2D eigenvalue weighted by Crippen LogP contribution is -2.71. The second kappa shape index (κ2) is 5.57. The number of hydrogen-bond donors (Lipinski definition) is 1. The summed E-state index contributed by atoms with van der Waals surface area (Å²) < 4.78 is 6.09. The van der Waals surface area contributed by atoms with Crippen LogP contribution >= 0.6 is 0 Å². The van der Waals surface area contributed by atoms with E-state index in [4.69, 9.17) is 4.74 Å². The van der Waals surface area contributed by atoms with Crippen LogP contribution in [0.2, 0.25) is 0 Å². The summed E-state index contributed by atoms with van der Waals surface area (Å²) in [5.74, 6) is 0.780. The van der Waals surface area contributed by atoms with Crippen molar-refractivity contribution in [3.8, 4) is 0 Å². The fraction of sp³-hybridized carbons (Fsp3) is 0.739. The van der Waals surface area contributed by atoms with Gasteiger partial charge in [-0.2, -0.15) is 0 Å². The Morgan fingerprint density at radius 2 is 2.25 bits per heavy atom. The molecule has 3 saturated carbocycles. The van der Waals surface area contributed by atoms with Crippen LogP contribution in [-0.4, -0.2) is 52.4 Å². The summed E-state index contributed by atoms with van der Waals surface area (Å²) in [5, 5.41) is 12.3. The van der Waals surface area contributed by atoms with E-state index in [1.807, 2.05) is 0 Å². The smallest absolute Gasteiger partial charge is 0.219 e. The number of allylic oxidation sites excluding steroid dienone is 1. The van der Waals surface area contributed by atoms with E-state index in [1.54, 1.807) is 0 Å². The Bertz CT molecular complexity index is 817. The average Bonchev–Trinajstić information content (AvgIpc) is 3.07. The van der Waals surface area contributed by atoms with Gasteiger partial charge in [0.05, 0.1) is 11.0 Å². The van der Waals surface area contributed by atoms with Gasteiger partial charge in [0.1, 0.15) is 0 Å². The Morgan fingerprint density at radius 3 is 2.93 bits per heavy atom.